The molecule has 7 nitrogen and oxygen atoms in total. The summed E-state index contributed by atoms with van der Waals surface area (Å²) in [5, 5.41) is 9.40. The number of hydrogen-bond donors (Lipinski definition) is 3. The fourth-order valence-corrected chi connectivity index (χ4v) is 4.55. The Morgan fingerprint density at radius 2 is 1.97 bits per heavy atom. The van der Waals surface area contributed by atoms with Crippen molar-refractivity contribution < 1.29 is 13.9 Å². The summed E-state index contributed by atoms with van der Waals surface area (Å²) in [7, 11) is 0. The Hall–Kier alpha value is -2.74. The summed E-state index contributed by atoms with van der Waals surface area (Å²) in [4.78, 5) is 21.1. The maximum atomic E-state index is 13.3. The molecule has 2 fully saturated rings. The van der Waals surface area contributed by atoms with Gasteiger partial charge >= 0.3 is 0 Å². The van der Waals surface area contributed by atoms with Gasteiger partial charge in [-0.25, -0.2) is 4.98 Å². The van der Waals surface area contributed by atoms with Crippen LogP contribution < -0.4 is 16.0 Å². The van der Waals surface area contributed by atoms with Gasteiger partial charge in [-0.1, -0.05) is 25.3 Å². The normalized spacial score (nSPS) is 20.5. The molecule has 178 valence electrons. The van der Waals surface area contributed by atoms with Gasteiger partial charge in [0, 0.05) is 32.8 Å². The molecule has 0 aromatic carbocycles. The van der Waals surface area contributed by atoms with E-state index in [1.165, 1.54) is 38.2 Å². The van der Waals surface area contributed by atoms with E-state index in [1.54, 1.807) is 6.08 Å². The molecule has 0 amide bonds. The minimum atomic E-state index is -0.343. The highest BCUT2D eigenvalue weighted by atomic mass is 19.1. The minimum Gasteiger partial charge on any atom is -0.381 e. The topological polar surface area (TPSA) is 87.6 Å². The number of aldehydes is 1. The van der Waals surface area contributed by atoms with Gasteiger partial charge in [-0.2, -0.15) is 4.39 Å². The van der Waals surface area contributed by atoms with Crippen LogP contribution in [0.2, 0.25) is 0 Å². The summed E-state index contributed by atoms with van der Waals surface area (Å²) < 4.78 is 18.7. The quantitative estimate of drug-likeness (QED) is 0.234. The second-order valence-corrected chi connectivity index (χ2v) is 9.06. The van der Waals surface area contributed by atoms with Crippen LogP contribution in [-0.2, 0) is 9.53 Å². The van der Waals surface area contributed by atoms with Crippen LogP contribution in [0, 0.1) is 11.8 Å². The highest BCUT2D eigenvalue weighted by Crippen LogP contribution is 2.28. The molecule has 0 radical (unpaired) electrons. The monoisotopic (exact) mass is 455 g/mol. The lowest BCUT2D eigenvalue weighted by atomic mass is 9.89. The number of aliphatic imine (C=N–C) groups is 1. The predicted molar refractivity (Wildman–Crippen MR) is 130 cm³/mol. The van der Waals surface area contributed by atoms with Gasteiger partial charge in [0.1, 0.15) is 0 Å². The molecule has 4 rings (SSSR count). The third kappa shape index (κ3) is 6.87. The molecule has 1 saturated carbocycles. The Kier molecular flexibility index (Phi) is 8.47. The van der Waals surface area contributed by atoms with Crippen molar-refractivity contribution in [2.75, 3.05) is 43.5 Å². The number of nitrogens with one attached hydrogen (secondary N) is 3. The summed E-state index contributed by atoms with van der Waals surface area (Å²) in [5.41, 5.74) is 2.40. The number of dihydropyridines is 1. The summed E-state index contributed by atoms with van der Waals surface area (Å²) in [6, 6.07) is 3.80. The zero-order valence-electron chi connectivity index (χ0n) is 19.1. The van der Waals surface area contributed by atoms with E-state index in [1.807, 2.05) is 12.1 Å². The number of hydrogen-bond acceptors (Lipinski definition) is 6. The molecule has 1 aromatic heterocycles. The average Bonchev–Trinajstić information content (AvgIpc) is 2.87. The molecule has 1 aliphatic carbocycles. The fourth-order valence-electron chi connectivity index (χ4n) is 4.55. The lowest BCUT2D eigenvalue weighted by molar-refractivity contribution is -0.102. The number of ether oxygens (including phenoxy) is 1. The molecule has 2 aliphatic heterocycles. The molecule has 0 spiro atoms. The molecule has 1 saturated heterocycles. The first-order valence-electron chi connectivity index (χ1n) is 12.1. The molecule has 3 N–H and O–H groups in total. The predicted octanol–water partition coefficient (Wildman–Crippen LogP) is 4.31. The summed E-state index contributed by atoms with van der Waals surface area (Å²) in [5.74, 6) is 1.72. The largest absolute Gasteiger partial charge is 0.381 e. The summed E-state index contributed by atoms with van der Waals surface area (Å²) in [6.45, 7) is 3.35. The van der Waals surface area contributed by atoms with Crippen molar-refractivity contribution in [2.24, 2.45) is 16.8 Å². The van der Waals surface area contributed by atoms with Gasteiger partial charge in [0.25, 0.3) is 0 Å². The number of pyridine rings is 1. The fraction of sp³-hybridized carbons (Fsp3) is 0.560. The molecular weight excluding hydrogens is 421 g/mol. The van der Waals surface area contributed by atoms with E-state index < -0.39 is 0 Å². The van der Waals surface area contributed by atoms with E-state index in [2.05, 4.69) is 20.9 Å². The van der Waals surface area contributed by atoms with Gasteiger partial charge in [0.15, 0.2) is 23.9 Å². The Bertz CT molecular complexity index is 902. The van der Waals surface area contributed by atoms with Gasteiger partial charge in [-0.15, -0.1) is 0 Å². The average molecular weight is 456 g/mol. The van der Waals surface area contributed by atoms with Gasteiger partial charge < -0.3 is 20.7 Å². The van der Waals surface area contributed by atoms with E-state index >= 15 is 0 Å². The first-order chi connectivity index (χ1) is 16.2. The van der Waals surface area contributed by atoms with Crippen molar-refractivity contribution >= 4 is 29.2 Å². The number of rotatable bonds is 8. The van der Waals surface area contributed by atoms with Crippen molar-refractivity contribution in [3.05, 3.63) is 35.9 Å². The smallest absolute Gasteiger partial charge is 0.187 e. The molecule has 33 heavy (non-hydrogen) atoms. The Balaban J connectivity index is 1.50. The van der Waals surface area contributed by atoms with Crippen LogP contribution in [0.15, 0.2) is 35.2 Å². The molecule has 8 heteroatoms. The number of amidine groups is 1. The van der Waals surface area contributed by atoms with E-state index in [-0.39, 0.29) is 5.95 Å². The Morgan fingerprint density at radius 3 is 2.70 bits per heavy atom. The lowest BCUT2D eigenvalue weighted by Gasteiger charge is -2.23. The minimum absolute atomic E-state index is 0.306. The molecule has 3 aliphatic rings. The third-order valence-electron chi connectivity index (χ3n) is 6.62. The van der Waals surface area contributed by atoms with Crippen molar-refractivity contribution in [1.29, 1.82) is 0 Å². The van der Waals surface area contributed by atoms with E-state index in [9.17, 15) is 9.18 Å². The maximum absolute atomic E-state index is 13.3. The van der Waals surface area contributed by atoms with Crippen molar-refractivity contribution in [3.63, 3.8) is 0 Å². The van der Waals surface area contributed by atoms with Crippen LogP contribution in [0.25, 0.3) is 5.57 Å². The van der Waals surface area contributed by atoms with Crippen LogP contribution in [-0.4, -0.2) is 50.0 Å². The molecule has 1 aromatic rings. The second-order valence-electron chi connectivity index (χ2n) is 9.06. The van der Waals surface area contributed by atoms with E-state index in [0.29, 0.717) is 36.6 Å². The van der Waals surface area contributed by atoms with Crippen molar-refractivity contribution in [1.82, 2.24) is 10.3 Å². The Labute approximate surface area is 195 Å². The van der Waals surface area contributed by atoms with Crippen LogP contribution in [0.1, 0.15) is 50.6 Å². The second kappa shape index (κ2) is 11.9. The number of aromatic nitrogens is 1. The Morgan fingerprint density at radius 1 is 1.15 bits per heavy atom. The zero-order valence-corrected chi connectivity index (χ0v) is 19.1. The first kappa shape index (κ1) is 23.4. The number of carbonyl (C=O) groups excluding carboxylic acids is 1. The van der Waals surface area contributed by atoms with Gasteiger partial charge in [-0.3, -0.25) is 9.79 Å². The van der Waals surface area contributed by atoms with E-state index in [4.69, 9.17) is 9.72 Å². The summed E-state index contributed by atoms with van der Waals surface area (Å²) >= 11 is 0. The SMILES string of the molecule is O=CC(=NCC1CCOCC1)Nc1ccc(C2=CC=C(F)NC2)nc1NCC1CCCCC1. The van der Waals surface area contributed by atoms with Gasteiger partial charge in [0.05, 0.1) is 11.4 Å². The molecule has 0 atom stereocenters. The third-order valence-corrected chi connectivity index (χ3v) is 6.62. The maximum Gasteiger partial charge on any atom is 0.187 e. The zero-order chi connectivity index (χ0) is 22.9. The van der Waals surface area contributed by atoms with Crippen molar-refractivity contribution in [3.8, 4) is 0 Å². The summed E-state index contributed by atoms with van der Waals surface area (Å²) in [6.07, 6.45) is 12.2. The number of halogens is 1. The van der Waals surface area contributed by atoms with Crippen LogP contribution >= 0.6 is 0 Å². The standard InChI is InChI=1S/C25H34FN5O2/c26-23-9-6-20(16-27-23)21-7-8-22(25(31-21)29-15-18-4-2-1-3-5-18)30-24(17-32)28-14-19-10-12-33-13-11-19/h6-9,17-19,27H,1-5,10-16H2,(H,28,30)(H,29,31). The van der Waals surface area contributed by atoms with E-state index in [0.717, 1.165) is 55.8 Å². The van der Waals surface area contributed by atoms with Crippen LogP contribution in [0.5, 0.6) is 0 Å². The number of allylic oxidation sites excluding steroid dienone is 2. The number of carbonyl (C=O) groups is 1. The molecule has 0 unspecified atom stereocenters. The lowest BCUT2D eigenvalue weighted by Crippen LogP contribution is -2.22. The highest BCUT2D eigenvalue weighted by Gasteiger charge is 2.17. The van der Waals surface area contributed by atoms with Gasteiger partial charge in [-0.05, 0) is 61.3 Å². The number of anilines is 2. The van der Waals surface area contributed by atoms with Gasteiger partial charge in [0.2, 0.25) is 0 Å². The van der Waals surface area contributed by atoms with Crippen LogP contribution in [0.3, 0.4) is 0 Å². The van der Waals surface area contributed by atoms with Crippen LogP contribution in [0.4, 0.5) is 15.9 Å². The van der Waals surface area contributed by atoms with Crippen molar-refractivity contribution in [2.45, 2.75) is 44.9 Å². The number of nitrogens with zero attached hydrogens (tertiary/aromatic N) is 2. The first-order valence-corrected chi connectivity index (χ1v) is 12.1. The molecule has 0 bridgehead atoms. The molecule has 3 heterocycles. The molecular formula is C25H34FN5O2. The highest BCUT2D eigenvalue weighted by molar-refractivity contribution is 6.33.